The number of halogens is 1. The molecule has 9 heteroatoms. The van der Waals surface area contributed by atoms with Crippen LogP contribution in [0, 0.1) is 13.8 Å². The SMILES string of the molecule is Cc1cc(C(=O)COC(=O)c2ccc(-n3cnnn3)cc2)c(C)n1CCc1ccc(Cl)cc1. The average Bonchev–Trinajstić information content (AvgIpc) is 3.46. The van der Waals surface area contributed by atoms with Crippen LogP contribution in [0.15, 0.2) is 60.9 Å². The molecule has 33 heavy (non-hydrogen) atoms. The molecule has 0 amide bonds. The third-order valence-electron chi connectivity index (χ3n) is 5.46. The summed E-state index contributed by atoms with van der Waals surface area (Å²) in [5, 5.41) is 11.6. The fourth-order valence-electron chi connectivity index (χ4n) is 3.64. The third kappa shape index (κ3) is 5.18. The van der Waals surface area contributed by atoms with Crippen molar-refractivity contribution >= 4 is 23.4 Å². The second-order valence-corrected chi connectivity index (χ2v) is 8.05. The molecule has 0 radical (unpaired) electrons. The van der Waals surface area contributed by atoms with Gasteiger partial charge in [0.2, 0.25) is 5.78 Å². The maximum atomic E-state index is 12.8. The van der Waals surface area contributed by atoms with Gasteiger partial charge < -0.3 is 9.30 Å². The molecule has 0 aliphatic rings. The second kappa shape index (κ2) is 9.79. The minimum absolute atomic E-state index is 0.237. The van der Waals surface area contributed by atoms with Gasteiger partial charge in [-0.1, -0.05) is 23.7 Å². The van der Waals surface area contributed by atoms with Crippen LogP contribution in [-0.4, -0.2) is 43.1 Å². The molecule has 2 aromatic heterocycles. The van der Waals surface area contributed by atoms with Crippen molar-refractivity contribution in [1.29, 1.82) is 0 Å². The molecule has 0 aliphatic heterocycles. The fourth-order valence-corrected chi connectivity index (χ4v) is 3.77. The van der Waals surface area contributed by atoms with Crippen molar-refractivity contribution in [2.45, 2.75) is 26.8 Å². The van der Waals surface area contributed by atoms with Gasteiger partial charge in [-0.05, 0) is 78.7 Å². The Morgan fingerprint density at radius 3 is 2.42 bits per heavy atom. The van der Waals surface area contributed by atoms with Crippen LogP contribution in [0.3, 0.4) is 0 Å². The number of hydrogen-bond acceptors (Lipinski definition) is 6. The van der Waals surface area contributed by atoms with Crippen molar-refractivity contribution in [1.82, 2.24) is 24.8 Å². The van der Waals surface area contributed by atoms with Crippen LogP contribution < -0.4 is 0 Å². The molecule has 4 rings (SSSR count). The van der Waals surface area contributed by atoms with Crippen molar-refractivity contribution in [3.05, 3.63) is 94.0 Å². The number of ether oxygens (including phenoxy) is 1. The van der Waals surface area contributed by atoms with Gasteiger partial charge in [-0.15, -0.1) is 5.10 Å². The van der Waals surface area contributed by atoms with E-state index in [2.05, 4.69) is 20.1 Å². The van der Waals surface area contributed by atoms with E-state index in [-0.39, 0.29) is 12.4 Å². The Morgan fingerprint density at radius 2 is 1.76 bits per heavy atom. The van der Waals surface area contributed by atoms with Crippen molar-refractivity contribution < 1.29 is 14.3 Å². The molecule has 0 N–H and O–H groups in total. The first-order chi connectivity index (χ1) is 15.9. The van der Waals surface area contributed by atoms with Gasteiger partial charge in [0, 0.05) is 28.5 Å². The van der Waals surface area contributed by atoms with E-state index in [0.717, 1.165) is 24.4 Å². The Bertz CT molecular complexity index is 1260. The van der Waals surface area contributed by atoms with Crippen LogP contribution in [0.25, 0.3) is 5.69 Å². The number of aromatic nitrogens is 5. The first-order valence-electron chi connectivity index (χ1n) is 10.4. The lowest BCUT2D eigenvalue weighted by atomic mass is 10.1. The summed E-state index contributed by atoms with van der Waals surface area (Å²) < 4.78 is 8.83. The highest BCUT2D eigenvalue weighted by Gasteiger charge is 2.18. The van der Waals surface area contributed by atoms with Gasteiger partial charge in [0.15, 0.2) is 6.61 Å². The molecule has 0 saturated heterocycles. The molecule has 168 valence electrons. The first-order valence-corrected chi connectivity index (χ1v) is 10.7. The van der Waals surface area contributed by atoms with Gasteiger partial charge in [0.25, 0.3) is 0 Å². The lowest BCUT2D eigenvalue weighted by Gasteiger charge is -2.10. The molecule has 8 nitrogen and oxygen atoms in total. The highest BCUT2D eigenvalue weighted by atomic mass is 35.5. The Hall–Kier alpha value is -3.78. The molecule has 0 fully saturated rings. The summed E-state index contributed by atoms with van der Waals surface area (Å²) in [5.74, 6) is -0.803. The molecule has 0 aliphatic carbocycles. The highest BCUT2D eigenvalue weighted by molar-refractivity contribution is 6.30. The zero-order valence-corrected chi connectivity index (χ0v) is 19.0. The van der Waals surface area contributed by atoms with E-state index in [9.17, 15) is 9.59 Å². The number of nitrogens with zero attached hydrogens (tertiary/aromatic N) is 5. The molecule has 0 bridgehead atoms. The lowest BCUT2D eigenvalue weighted by molar-refractivity contribution is 0.0474. The van der Waals surface area contributed by atoms with Crippen LogP contribution in [0.1, 0.15) is 37.7 Å². The van der Waals surface area contributed by atoms with E-state index in [1.54, 1.807) is 24.3 Å². The van der Waals surface area contributed by atoms with Gasteiger partial charge >= 0.3 is 5.97 Å². The number of esters is 1. The average molecular weight is 464 g/mol. The minimum atomic E-state index is -0.567. The fraction of sp³-hybridized carbons (Fsp3) is 0.208. The second-order valence-electron chi connectivity index (χ2n) is 7.61. The predicted octanol–water partition coefficient (Wildman–Crippen LogP) is 4.02. The van der Waals surface area contributed by atoms with Crippen LogP contribution in [-0.2, 0) is 17.7 Å². The van der Waals surface area contributed by atoms with E-state index in [1.165, 1.54) is 16.6 Å². The maximum absolute atomic E-state index is 12.8. The summed E-state index contributed by atoms with van der Waals surface area (Å²) in [4.78, 5) is 25.1. The summed E-state index contributed by atoms with van der Waals surface area (Å²) in [7, 11) is 0. The van der Waals surface area contributed by atoms with E-state index in [4.69, 9.17) is 16.3 Å². The van der Waals surface area contributed by atoms with Crippen LogP contribution in [0.2, 0.25) is 5.02 Å². The third-order valence-corrected chi connectivity index (χ3v) is 5.71. The molecule has 0 saturated carbocycles. The predicted molar refractivity (Wildman–Crippen MR) is 123 cm³/mol. The summed E-state index contributed by atoms with van der Waals surface area (Å²) >= 11 is 5.95. The van der Waals surface area contributed by atoms with Gasteiger partial charge in [0.1, 0.15) is 6.33 Å². The summed E-state index contributed by atoms with van der Waals surface area (Å²) in [5.41, 5.74) is 4.61. The van der Waals surface area contributed by atoms with Crippen molar-refractivity contribution in [2.24, 2.45) is 0 Å². The summed E-state index contributed by atoms with van der Waals surface area (Å²) in [6.07, 6.45) is 2.27. The minimum Gasteiger partial charge on any atom is -0.454 e. The van der Waals surface area contributed by atoms with Gasteiger partial charge in [-0.3, -0.25) is 4.79 Å². The van der Waals surface area contributed by atoms with Crippen molar-refractivity contribution in [2.75, 3.05) is 6.61 Å². The smallest absolute Gasteiger partial charge is 0.338 e. The molecule has 0 unspecified atom stereocenters. The van der Waals surface area contributed by atoms with Crippen LogP contribution >= 0.6 is 11.6 Å². The standard InChI is InChI=1S/C24H22ClN5O3/c1-16-13-22(17(2)29(16)12-11-18-3-7-20(25)8-4-18)23(31)14-33-24(32)19-5-9-21(10-6-19)30-15-26-27-28-30/h3-10,13,15H,11-12,14H2,1-2H3. The lowest BCUT2D eigenvalue weighted by Crippen LogP contribution is -2.15. The molecule has 2 aromatic carbocycles. The highest BCUT2D eigenvalue weighted by Crippen LogP contribution is 2.18. The Labute approximate surface area is 195 Å². The van der Waals surface area contributed by atoms with Crippen molar-refractivity contribution in [3.8, 4) is 5.69 Å². The number of benzene rings is 2. The number of ketones is 1. The quantitative estimate of drug-likeness (QED) is 0.289. The van der Waals surface area contributed by atoms with E-state index in [1.807, 2.05) is 44.2 Å². The molecule has 4 aromatic rings. The Morgan fingerprint density at radius 1 is 1.03 bits per heavy atom. The zero-order valence-electron chi connectivity index (χ0n) is 18.2. The number of carbonyl (C=O) groups is 2. The summed E-state index contributed by atoms with van der Waals surface area (Å²) in [6, 6.07) is 16.2. The monoisotopic (exact) mass is 463 g/mol. The van der Waals surface area contributed by atoms with E-state index in [0.29, 0.717) is 21.8 Å². The molecular weight excluding hydrogens is 442 g/mol. The molecule has 0 atom stereocenters. The maximum Gasteiger partial charge on any atom is 0.338 e. The van der Waals surface area contributed by atoms with Gasteiger partial charge in [-0.2, -0.15) is 0 Å². The van der Waals surface area contributed by atoms with Crippen LogP contribution in [0.5, 0.6) is 0 Å². The van der Waals surface area contributed by atoms with Crippen molar-refractivity contribution in [3.63, 3.8) is 0 Å². The number of aryl methyl sites for hydroxylation is 2. The van der Waals surface area contributed by atoms with E-state index < -0.39 is 5.97 Å². The first kappa shape index (κ1) is 22.4. The zero-order chi connectivity index (χ0) is 23.4. The molecule has 0 spiro atoms. The Kier molecular flexibility index (Phi) is 6.65. The molecule has 2 heterocycles. The number of carbonyl (C=O) groups excluding carboxylic acids is 2. The number of Topliss-reactive ketones (excluding diaryl/α,β-unsaturated/α-hetero) is 1. The number of hydrogen-bond donors (Lipinski definition) is 0. The molecular formula is C24H22ClN5O3. The topological polar surface area (TPSA) is 91.9 Å². The number of rotatable bonds is 8. The Balaban J connectivity index is 1.36. The largest absolute Gasteiger partial charge is 0.454 e. The van der Waals surface area contributed by atoms with E-state index >= 15 is 0 Å². The van der Waals surface area contributed by atoms with Gasteiger partial charge in [-0.25, -0.2) is 9.48 Å². The summed E-state index contributed by atoms with van der Waals surface area (Å²) in [6.45, 7) is 4.28. The number of tetrazole rings is 1. The van der Waals surface area contributed by atoms with Crippen LogP contribution in [0.4, 0.5) is 0 Å². The van der Waals surface area contributed by atoms with Gasteiger partial charge in [0.05, 0.1) is 11.3 Å². The normalized spacial score (nSPS) is 10.9.